The molecule has 2 rings (SSSR count). The van der Waals surface area contributed by atoms with Crippen molar-refractivity contribution in [2.24, 2.45) is 5.73 Å². The van der Waals surface area contributed by atoms with E-state index < -0.39 is 0 Å². The number of likely N-dealkylation sites (N-methyl/N-ethyl adjacent to an activating group) is 1. The van der Waals surface area contributed by atoms with Crippen LogP contribution in [-0.4, -0.2) is 37.2 Å². The molecular formula is C13H22N2O2. The van der Waals surface area contributed by atoms with E-state index in [0.717, 1.165) is 30.9 Å². The molecule has 0 saturated heterocycles. The standard InChI is InChI=1S/C13H22N2O2/c1-10-4-5-11(17-10)8-15(2)13(9-14)6-12(7-13)16-3/h4-5,12H,6-9,14H2,1-3H3. The summed E-state index contributed by atoms with van der Waals surface area (Å²) in [5, 5.41) is 0. The Balaban J connectivity index is 1.97. The van der Waals surface area contributed by atoms with E-state index in [0.29, 0.717) is 12.6 Å². The smallest absolute Gasteiger partial charge is 0.118 e. The third-order valence-electron chi connectivity index (χ3n) is 3.93. The van der Waals surface area contributed by atoms with Crippen molar-refractivity contribution in [3.63, 3.8) is 0 Å². The van der Waals surface area contributed by atoms with E-state index in [1.807, 2.05) is 19.1 Å². The summed E-state index contributed by atoms with van der Waals surface area (Å²) >= 11 is 0. The van der Waals surface area contributed by atoms with Gasteiger partial charge in [0.15, 0.2) is 0 Å². The summed E-state index contributed by atoms with van der Waals surface area (Å²) in [5.74, 6) is 1.96. The summed E-state index contributed by atoms with van der Waals surface area (Å²) in [6.07, 6.45) is 2.38. The van der Waals surface area contributed by atoms with E-state index in [1.54, 1.807) is 7.11 Å². The van der Waals surface area contributed by atoms with E-state index in [2.05, 4.69) is 11.9 Å². The van der Waals surface area contributed by atoms with Crippen LogP contribution >= 0.6 is 0 Å². The van der Waals surface area contributed by atoms with Crippen molar-refractivity contribution < 1.29 is 9.15 Å². The Morgan fingerprint density at radius 1 is 1.53 bits per heavy atom. The zero-order valence-electron chi connectivity index (χ0n) is 10.9. The van der Waals surface area contributed by atoms with Gasteiger partial charge in [-0.25, -0.2) is 0 Å². The molecular weight excluding hydrogens is 216 g/mol. The Kier molecular flexibility index (Phi) is 3.56. The molecule has 1 aliphatic rings. The van der Waals surface area contributed by atoms with E-state index in [1.165, 1.54) is 0 Å². The molecule has 0 aliphatic heterocycles. The molecule has 0 bridgehead atoms. The number of methoxy groups -OCH3 is 1. The van der Waals surface area contributed by atoms with E-state index >= 15 is 0 Å². The van der Waals surface area contributed by atoms with E-state index in [9.17, 15) is 0 Å². The Bertz CT molecular complexity index is 369. The van der Waals surface area contributed by atoms with Gasteiger partial charge in [-0.3, -0.25) is 4.90 Å². The number of hydrogen-bond acceptors (Lipinski definition) is 4. The topological polar surface area (TPSA) is 51.6 Å². The van der Waals surface area contributed by atoms with Gasteiger partial charge in [-0.05, 0) is 38.9 Å². The highest BCUT2D eigenvalue weighted by atomic mass is 16.5. The molecule has 0 radical (unpaired) electrons. The highest BCUT2D eigenvalue weighted by molar-refractivity contribution is 5.09. The molecule has 17 heavy (non-hydrogen) atoms. The maximum atomic E-state index is 5.92. The molecule has 1 heterocycles. The molecule has 0 spiro atoms. The van der Waals surface area contributed by atoms with Crippen molar-refractivity contribution in [2.45, 2.75) is 38.0 Å². The molecule has 0 atom stereocenters. The minimum Gasteiger partial charge on any atom is -0.465 e. The number of hydrogen-bond donors (Lipinski definition) is 1. The summed E-state index contributed by atoms with van der Waals surface area (Å²) in [6.45, 7) is 3.44. The van der Waals surface area contributed by atoms with Crippen molar-refractivity contribution >= 4 is 0 Å². The predicted octanol–water partition coefficient (Wildman–Crippen LogP) is 1.53. The van der Waals surface area contributed by atoms with Gasteiger partial charge in [0.2, 0.25) is 0 Å². The molecule has 1 aliphatic carbocycles. The van der Waals surface area contributed by atoms with Gasteiger partial charge in [-0.2, -0.15) is 0 Å². The van der Waals surface area contributed by atoms with Gasteiger partial charge < -0.3 is 14.9 Å². The number of aryl methyl sites for hydroxylation is 1. The monoisotopic (exact) mass is 238 g/mol. The lowest BCUT2D eigenvalue weighted by molar-refractivity contribution is -0.0827. The molecule has 2 N–H and O–H groups in total. The second kappa shape index (κ2) is 4.80. The van der Waals surface area contributed by atoms with Crippen LogP contribution in [0.5, 0.6) is 0 Å². The minimum atomic E-state index is 0.0847. The lowest BCUT2D eigenvalue weighted by Crippen LogP contribution is -2.62. The van der Waals surface area contributed by atoms with Gasteiger partial charge in [-0.15, -0.1) is 0 Å². The van der Waals surface area contributed by atoms with Crippen molar-refractivity contribution in [3.8, 4) is 0 Å². The Morgan fingerprint density at radius 2 is 2.24 bits per heavy atom. The van der Waals surface area contributed by atoms with Crippen LogP contribution < -0.4 is 5.73 Å². The molecule has 1 aromatic rings. The molecule has 1 aromatic heterocycles. The quantitative estimate of drug-likeness (QED) is 0.845. The molecule has 1 saturated carbocycles. The van der Waals surface area contributed by atoms with Gasteiger partial charge in [-0.1, -0.05) is 0 Å². The van der Waals surface area contributed by atoms with Crippen LogP contribution in [0.4, 0.5) is 0 Å². The first-order valence-corrected chi connectivity index (χ1v) is 6.09. The molecule has 1 fully saturated rings. The number of nitrogens with two attached hydrogens (primary N) is 1. The highest BCUT2D eigenvalue weighted by Gasteiger charge is 2.46. The van der Waals surface area contributed by atoms with Crippen LogP contribution in [0.1, 0.15) is 24.4 Å². The summed E-state index contributed by atoms with van der Waals surface area (Å²) in [7, 11) is 3.87. The lowest BCUT2D eigenvalue weighted by Gasteiger charge is -2.51. The van der Waals surface area contributed by atoms with Gasteiger partial charge in [0.25, 0.3) is 0 Å². The van der Waals surface area contributed by atoms with Gasteiger partial charge in [0.05, 0.1) is 12.6 Å². The average molecular weight is 238 g/mol. The summed E-state index contributed by atoms with van der Waals surface area (Å²) < 4.78 is 10.9. The zero-order valence-corrected chi connectivity index (χ0v) is 10.9. The summed E-state index contributed by atoms with van der Waals surface area (Å²) in [5.41, 5.74) is 6.00. The first-order chi connectivity index (χ1) is 8.09. The van der Waals surface area contributed by atoms with E-state index in [4.69, 9.17) is 14.9 Å². The second-order valence-corrected chi connectivity index (χ2v) is 5.06. The first-order valence-electron chi connectivity index (χ1n) is 6.09. The summed E-state index contributed by atoms with van der Waals surface area (Å²) in [4.78, 5) is 2.29. The third kappa shape index (κ3) is 2.39. The Labute approximate surface area is 103 Å². The molecule has 0 aromatic carbocycles. The van der Waals surface area contributed by atoms with Crippen LogP contribution in [0.15, 0.2) is 16.5 Å². The Morgan fingerprint density at radius 3 is 2.71 bits per heavy atom. The maximum absolute atomic E-state index is 5.92. The predicted molar refractivity (Wildman–Crippen MR) is 66.7 cm³/mol. The van der Waals surface area contributed by atoms with Crippen molar-refractivity contribution in [1.82, 2.24) is 4.90 Å². The second-order valence-electron chi connectivity index (χ2n) is 5.06. The van der Waals surface area contributed by atoms with Crippen LogP contribution in [0.25, 0.3) is 0 Å². The number of rotatable bonds is 5. The average Bonchev–Trinajstić information content (AvgIpc) is 2.64. The number of furan rings is 1. The lowest BCUT2D eigenvalue weighted by atomic mass is 9.73. The van der Waals surface area contributed by atoms with Crippen molar-refractivity contribution in [3.05, 3.63) is 23.7 Å². The van der Waals surface area contributed by atoms with Crippen LogP contribution in [-0.2, 0) is 11.3 Å². The van der Waals surface area contributed by atoms with Crippen molar-refractivity contribution in [2.75, 3.05) is 20.7 Å². The molecule has 4 heteroatoms. The van der Waals surface area contributed by atoms with Crippen LogP contribution in [0.2, 0.25) is 0 Å². The normalized spacial score (nSPS) is 28.4. The van der Waals surface area contributed by atoms with Gasteiger partial charge in [0, 0.05) is 19.2 Å². The fourth-order valence-corrected chi connectivity index (χ4v) is 2.56. The maximum Gasteiger partial charge on any atom is 0.118 e. The van der Waals surface area contributed by atoms with E-state index in [-0.39, 0.29) is 5.54 Å². The summed E-state index contributed by atoms with van der Waals surface area (Å²) in [6, 6.07) is 4.03. The zero-order chi connectivity index (χ0) is 12.5. The number of ether oxygens (including phenoxy) is 1. The Hall–Kier alpha value is -0.840. The minimum absolute atomic E-state index is 0.0847. The largest absolute Gasteiger partial charge is 0.465 e. The fourth-order valence-electron chi connectivity index (χ4n) is 2.56. The fraction of sp³-hybridized carbons (Fsp3) is 0.692. The third-order valence-corrected chi connectivity index (χ3v) is 3.93. The van der Waals surface area contributed by atoms with Crippen LogP contribution in [0.3, 0.4) is 0 Å². The molecule has 96 valence electrons. The van der Waals surface area contributed by atoms with Gasteiger partial charge in [0.1, 0.15) is 11.5 Å². The highest BCUT2D eigenvalue weighted by Crippen LogP contribution is 2.38. The SMILES string of the molecule is COC1CC(CN)(N(C)Cc2ccc(C)o2)C1. The van der Waals surface area contributed by atoms with Crippen LogP contribution in [0, 0.1) is 6.92 Å². The molecule has 4 nitrogen and oxygen atoms in total. The number of nitrogens with zero attached hydrogens (tertiary/aromatic N) is 1. The van der Waals surface area contributed by atoms with Crippen molar-refractivity contribution in [1.29, 1.82) is 0 Å². The molecule has 0 amide bonds. The molecule has 0 unspecified atom stereocenters. The van der Waals surface area contributed by atoms with Gasteiger partial charge >= 0.3 is 0 Å². The first kappa shape index (κ1) is 12.6.